The van der Waals surface area contributed by atoms with Gasteiger partial charge in [-0.3, -0.25) is 4.79 Å². The first-order chi connectivity index (χ1) is 26.1. The third-order valence-electron chi connectivity index (χ3n) is 13.6. The Morgan fingerprint density at radius 2 is 0.887 bits per heavy atom. The molecule has 2 spiro atoms. The van der Waals surface area contributed by atoms with Crippen molar-refractivity contribution in [3.05, 3.63) is 238 Å². The lowest BCUT2D eigenvalue weighted by Gasteiger charge is -2.45. The molecule has 12 rings (SSSR count). The molecular weight excluding hydrogens is 641 g/mol. The molecule has 0 bridgehead atoms. The summed E-state index contributed by atoms with van der Waals surface area (Å²) < 4.78 is 0. The van der Waals surface area contributed by atoms with Crippen molar-refractivity contribution >= 4 is 5.78 Å². The normalized spacial score (nSPS) is 20.3. The van der Waals surface area contributed by atoms with Crippen LogP contribution in [0.1, 0.15) is 73.3 Å². The van der Waals surface area contributed by atoms with Gasteiger partial charge in [-0.05, 0) is 90.0 Å². The minimum absolute atomic E-state index is 0.0575. The van der Waals surface area contributed by atoms with Gasteiger partial charge in [0.1, 0.15) is 0 Å². The maximum absolute atomic E-state index is 15.1. The number of rotatable bonds is 2. The fraction of sp³-hybridized carbons (Fsp3) is 0.0962. The van der Waals surface area contributed by atoms with Crippen LogP contribution >= 0.6 is 0 Å². The average Bonchev–Trinajstić information content (AvgIpc) is 3.87. The Balaban J connectivity index is 1.08. The van der Waals surface area contributed by atoms with E-state index in [0.29, 0.717) is 0 Å². The van der Waals surface area contributed by atoms with Gasteiger partial charge in [0, 0.05) is 22.5 Å². The van der Waals surface area contributed by atoms with Gasteiger partial charge in [0.25, 0.3) is 0 Å². The molecule has 0 aliphatic heterocycles. The highest BCUT2D eigenvalue weighted by molar-refractivity contribution is 6.10. The lowest BCUT2D eigenvalue weighted by Crippen LogP contribution is -2.42. The summed E-state index contributed by atoms with van der Waals surface area (Å²) in [5, 5.41) is 0. The van der Waals surface area contributed by atoms with E-state index in [4.69, 9.17) is 0 Å². The van der Waals surface area contributed by atoms with Gasteiger partial charge in [-0.1, -0.05) is 177 Å². The summed E-state index contributed by atoms with van der Waals surface area (Å²) in [5.41, 5.74) is 18.1. The lowest BCUT2D eigenvalue weighted by molar-refractivity contribution is 0.103. The van der Waals surface area contributed by atoms with E-state index in [9.17, 15) is 0 Å². The Bertz CT molecular complexity index is 2740. The van der Waals surface area contributed by atoms with Gasteiger partial charge >= 0.3 is 0 Å². The van der Waals surface area contributed by atoms with Crippen LogP contribution in [0.3, 0.4) is 0 Å². The third-order valence-corrected chi connectivity index (χ3v) is 13.6. The van der Waals surface area contributed by atoms with E-state index in [1.165, 1.54) is 77.9 Å². The first kappa shape index (κ1) is 29.3. The second-order valence-corrected chi connectivity index (χ2v) is 15.6. The van der Waals surface area contributed by atoms with Crippen LogP contribution in [0.25, 0.3) is 33.4 Å². The smallest absolute Gasteiger partial charge is 0.193 e. The van der Waals surface area contributed by atoms with Crippen molar-refractivity contribution in [2.75, 3.05) is 0 Å². The minimum Gasteiger partial charge on any atom is -0.289 e. The van der Waals surface area contributed by atoms with E-state index in [1.807, 2.05) is 0 Å². The summed E-state index contributed by atoms with van der Waals surface area (Å²) in [7, 11) is 0. The zero-order chi connectivity index (χ0) is 35.1. The molecule has 2 unspecified atom stereocenters. The summed E-state index contributed by atoms with van der Waals surface area (Å²) in [5.74, 6) is 0.244. The van der Waals surface area contributed by atoms with Crippen LogP contribution < -0.4 is 0 Å². The summed E-state index contributed by atoms with van der Waals surface area (Å²) in [4.78, 5) is 15.1. The van der Waals surface area contributed by atoms with E-state index in [2.05, 4.69) is 189 Å². The summed E-state index contributed by atoms with van der Waals surface area (Å²) >= 11 is 0. The first-order valence-corrected chi connectivity index (χ1v) is 18.8. The van der Waals surface area contributed by atoms with E-state index >= 15 is 4.79 Å². The molecule has 0 saturated carbocycles. The number of fused-ring (bicyclic) bond motifs is 20. The molecule has 5 aliphatic rings. The third kappa shape index (κ3) is 3.25. The Labute approximate surface area is 309 Å². The first-order valence-electron chi connectivity index (χ1n) is 18.8. The number of carbonyl (C=O) groups is 1. The number of ketones is 1. The molecule has 7 aromatic carbocycles. The molecule has 0 heterocycles. The fourth-order valence-electron chi connectivity index (χ4n) is 11.6. The maximum atomic E-state index is 15.1. The molecule has 1 nitrogen and oxygen atoms in total. The Morgan fingerprint density at radius 3 is 1.43 bits per heavy atom. The van der Waals surface area contributed by atoms with Crippen LogP contribution in [0.5, 0.6) is 0 Å². The monoisotopic (exact) mass is 674 g/mol. The summed E-state index contributed by atoms with van der Waals surface area (Å²) in [6.07, 6.45) is 9.21. The number of carbonyl (C=O) groups excluding carboxylic acids is 1. The molecule has 0 saturated heterocycles. The van der Waals surface area contributed by atoms with E-state index in [0.717, 1.165) is 11.1 Å². The fourth-order valence-corrected chi connectivity index (χ4v) is 11.6. The number of benzene rings is 7. The van der Waals surface area contributed by atoms with Crippen molar-refractivity contribution in [2.45, 2.75) is 23.7 Å². The van der Waals surface area contributed by atoms with Crippen molar-refractivity contribution in [1.82, 2.24) is 0 Å². The zero-order valence-corrected chi connectivity index (χ0v) is 29.3. The standard InChI is InChI=1S/C52H34O/c1-50-29-13-12-19-41(50)40-28-26-33(31-48(40)52(50)45-23-10-5-17-37(45)38-18-6-11-24-46(38)52)49(53)32-25-27-39-36-16-4-9-22-44(36)51(47(39)30-32)42-20-7-2-14-34(42)35-15-3-8-21-43(35)51/h2-31,41H,1H3. The molecule has 5 aliphatic carbocycles. The molecule has 53 heavy (non-hydrogen) atoms. The van der Waals surface area contributed by atoms with Gasteiger partial charge in [-0.25, -0.2) is 0 Å². The van der Waals surface area contributed by atoms with Crippen molar-refractivity contribution < 1.29 is 4.79 Å². The van der Waals surface area contributed by atoms with Crippen molar-refractivity contribution in [3.8, 4) is 33.4 Å². The number of hydrogen-bond donors (Lipinski definition) is 0. The zero-order valence-electron chi connectivity index (χ0n) is 29.3. The highest BCUT2D eigenvalue weighted by atomic mass is 16.1. The topological polar surface area (TPSA) is 17.1 Å². The molecule has 1 heteroatoms. The van der Waals surface area contributed by atoms with Crippen molar-refractivity contribution in [2.24, 2.45) is 5.41 Å². The van der Waals surface area contributed by atoms with Crippen LogP contribution in [-0.4, -0.2) is 5.78 Å². The number of hydrogen-bond acceptors (Lipinski definition) is 1. The van der Waals surface area contributed by atoms with Gasteiger partial charge in [0.15, 0.2) is 5.78 Å². The lowest BCUT2D eigenvalue weighted by atomic mass is 9.56. The molecule has 7 aromatic rings. The van der Waals surface area contributed by atoms with E-state index in [1.54, 1.807) is 0 Å². The van der Waals surface area contributed by atoms with Crippen LogP contribution in [0.4, 0.5) is 0 Å². The predicted molar refractivity (Wildman–Crippen MR) is 214 cm³/mol. The van der Waals surface area contributed by atoms with Crippen LogP contribution in [0, 0.1) is 5.41 Å². The van der Waals surface area contributed by atoms with Gasteiger partial charge < -0.3 is 0 Å². The second-order valence-electron chi connectivity index (χ2n) is 15.6. The molecular formula is C52H34O. The average molecular weight is 675 g/mol. The highest BCUT2D eigenvalue weighted by Crippen LogP contribution is 2.71. The summed E-state index contributed by atoms with van der Waals surface area (Å²) in [6, 6.07) is 57.4. The maximum Gasteiger partial charge on any atom is 0.193 e. The summed E-state index contributed by atoms with van der Waals surface area (Å²) in [6.45, 7) is 2.42. The Hall–Kier alpha value is -6.31. The van der Waals surface area contributed by atoms with E-state index in [-0.39, 0.29) is 17.1 Å². The van der Waals surface area contributed by atoms with Crippen LogP contribution in [-0.2, 0) is 10.8 Å². The highest BCUT2D eigenvalue weighted by Gasteiger charge is 2.63. The van der Waals surface area contributed by atoms with Crippen LogP contribution in [0.15, 0.2) is 182 Å². The minimum atomic E-state index is -0.488. The largest absolute Gasteiger partial charge is 0.289 e. The Morgan fingerprint density at radius 1 is 0.453 bits per heavy atom. The number of allylic oxidation sites excluding steroid dienone is 4. The van der Waals surface area contributed by atoms with Gasteiger partial charge in [-0.2, -0.15) is 0 Å². The predicted octanol–water partition coefficient (Wildman–Crippen LogP) is 11.8. The molecule has 0 amide bonds. The molecule has 0 N–H and O–H groups in total. The van der Waals surface area contributed by atoms with Gasteiger partial charge in [-0.15, -0.1) is 0 Å². The molecule has 0 fully saturated rings. The molecule has 0 radical (unpaired) electrons. The molecule has 2 atom stereocenters. The van der Waals surface area contributed by atoms with E-state index < -0.39 is 10.8 Å². The Kier molecular flexibility index (Phi) is 5.51. The molecule has 0 aromatic heterocycles. The van der Waals surface area contributed by atoms with Crippen molar-refractivity contribution in [1.29, 1.82) is 0 Å². The quantitative estimate of drug-likeness (QED) is 0.167. The second kappa shape index (κ2) is 9.97. The van der Waals surface area contributed by atoms with Crippen molar-refractivity contribution in [3.63, 3.8) is 0 Å². The van der Waals surface area contributed by atoms with Crippen LogP contribution in [0.2, 0.25) is 0 Å². The van der Waals surface area contributed by atoms with Gasteiger partial charge in [0.05, 0.1) is 10.8 Å². The SMILES string of the molecule is CC12C=CC=CC1c1ccc(C(=O)c3ccc4c(c3)C3(c5ccccc5-c5ccccc53)c3ccccc3-4)cc1C21c2ccccc2-c2ccccc21. The van der Waals surface area contributed by atoms with Gasteiger partial charge in [0.2, 0.25) is 0 Å². The molecule has 248 valence electrons.